The molecule has 2 aliphatic rings. The van der Waals surface area contributed by atoms with Crippen LogP contribution in [-0.2, 0) is 16.1 Å². The molecule has 2 heterocycles. The molecule has 2 aromatic rings. The largest absolute Gasteiger partial charge is 0.497 e. The number of amides is 2. The highest BCUT2D eigenvalue weighted by molar-refractivity contribution is 5.95. The fraction of sp³-hybridized carbons (Fsp3) is 0.417. The molecule has 0 saturated heterocycles. The van der Waals surface area contributed by atoms with Gasteiger partial charge >= 0.3 is 12.0 Å². The first-order valence-corrected chi connectivity index (χ1v) is 11.0. The molecule has 176 valence electrons. The Morgan fingerprint density at radius 2 is 2.00 bits per heavy atom. The van der Waals surface area contributed by atoms with E-state index in [9.17, 15) is 9.59 Å². The molecular formula is C24H29N3O6. The van der Waals surface area contributed by atoms with Crippen molar-refractivity contribution in [1.29, 1.82) is 0 Å². The van der Waals surface area contributed by atoms with Crippen molar-refractivity contribution in [1.82, 2.24) is 15.5 Å². The van der Waals surface area contributed by atoms with Crippen LogP contribution in [0.4, 0.5) is 4.79 Å². The summed E-state index contributed by atoms with van der Waals surface area (Å²) in [6, 6.07) is 8.34. The zero-order valence-corrected chi connectivity index (χ0v) is 19.1. The van der Waals surface area contributed by atoms with Gasteiger partial charge in [0.25, 0.3) is 0 Å². The number of rotatable bonds is 10. The number of methoxy groups -OCH3 is 2. The number of benzene rings is 1. The first-order chi connectivity index (χ1) is 16.0. The lowest BCUT2D eigenvalue weighted by atomic mass is 9.99. The predicted molar refractivity (Wildman–Crippen MR) is 120 cm³/mol. The van der Waals surface area contributed by atoms with E-state index in [0.29, 0.717) is 36.2 Å². The van der Waals surface area contributed by atoms with Gasteiger partial charge in [0.05, 0.1) is 32.7 Å². The van der Waals surface area contributed by atoms with Gasteiger partial charge in [-0.2, -0.15) is 0 Å². The molecule has 1 unspecified atom stereocenters. The predicted octanol–water partition coefficient (Wildman–Crippen LogP) is 3.13. The Morgan fingerprint density at radius 1 is 1.18 bits per heavy atom. The quantitative estimate of drug-likeness (QED) is 0.531. The van der Waals surface area contributed by atoms with E-state index >= 15 is 0 Å². The number of nitrogens with one attached hydrogen (secondary N) is 2. The molecule has 0 bridgehead atoms. The van der Waals surface area contributed by atoms with Crippen molar-refractivity contribution in [3.63, 3.8) is 0 Å². The monoisotopic (exact) mass is 455 g/mol. The Balaban J connectivity index is 1.68. The van der Waals surface area contributed by atoms with Crippen LogP contribution < -0.4 is 20.1 Å². The number of ether oxygens (including phenoxy) is 3. The second-order valence-electron chi connectivity index (χ2n) is 7.97. The smallest absolute Gasteiger partial charge is 0.338 e. The molecule has 1 saturated carbocycles. The number of carbonyl (C=O) groups excluding carboxylic acids is 2. The Labute approximate surface area is 192 Å². The topological polar surface area (TPSA) is 102 Å². The van der Waals surface area contributed by atoms with Crippen LogP contribution in [0.3, 0.4) is 0 Å². The number of furan rings is 1. The van der Waals surface area contributed by atoms with Gasteiger partial charge in [0.2, 0.25) is 0 Å². The first-order valence-electron chi connectivity index (χ1n) is 11.0. The SMILES string of the molecule is CCOC(=O)C1=C(CN(Cc2cc(OC)ccc2OC)C2CC2)NC(=O)NC1c1ccco1. The standard InChI is InChI=1S/C24H29N3O6/c1-4-32-23(28)21-18(25-24(29)26-22(21)20-6-5-11-33-20)14-27(16-7-8-16)13-15-12-17(30-2)9-10-19(15)31-3/h5-6,9-12,16,22H,4,7-8,13-14H2,1-3H3,(H2,25,26,29). The number of carbonyl (C=O) groups is 2. The highest BCUT2D eigenvalue weighted by Gasteiger charge is 2.38. The summed E-state index contributed by atoms with van der Waals surface area (Å²) in [5.41, 5.74) is 1.81. The second kappa shape index (κ2) is 9.99. The van der Waals surface area contributed by atoms with Crippen LogP contribution in [0.2, 0.25) is 0 Å². The molecule has 2 amide bonds. The van der Waals surface area contributed by atoms with E-state index in [0.717, 1.165) is 29.9 Å². The summed E-state index contributed by atoms with van der Waals surface area (Å²) >= 11 is 0. The van der Waals surface area contributed by atoms with Crippen LogP contribution in [0.1, 0.15) is 37.1 Å². The summed E-state index contributed by atoms with van der Waals surface area (Å²) in [6.07, 6.45) is 3.60. The number of nitrogens with zero attached hydrogens (tertiary/aromatic N) is 1. The minimum atomic E-state index is -0.727. The van der Waals surface area contributed by atoms with E-state index in [4.69, 9.17) is 18.6 Å². The number of urea groups is 1. The normalized spacial score (nSPS) is 18.1. The molecule has 1 fully saturated rings. The summed E-state index contributed by atoms with van der Waals surface area (Å²) in [5.74, 6) is 1.47. The van der Waals surface area contributed by atoms with Gasteiger partial charge in [-0.05, 0) is 50.1 Å². The maximum absolute atomic E-state index is 13.0. The van der Waals surface area contributed by atoms with Crippen LogP contribution in [0.5, 0.6) is 11.5 Å². The van der Waals surface area contributed by atoms with Crippen LogP contribution >= 0.6 is 0 Å². The Hall–Kier alpha value is -3.46. The third kappa shape index (κ3) is 5.14. The van der Waals surface area contributed by atoms with E-state index < -0.39 is 18.0 Å². The fourth-order valence-corrected chi connectivity index (χ4v) is 4.04. The fourth-order valence-electron chi connectivity index (χ4n) is 4.04. The van der Waals surface area contributed by atoms with E-state index in [1.54, 1.807) is 33.3 Å². The maximum atomic E-state index is 13.0. The lowest BCUT2D eigenvalue weighted by Gasteiger charge is -2.31. The van der Waals surface area contributed by atoms with Gasteiger partial charge in [-0.3, -0.25) is 4.90 Å². The molecule has 33 heavy (non-hydrogen) atoms. The molecule has 0 spiro atoms. The van der Waals surface area contributed by atoms with Gasteiger partial charge in [0, 0.05) is 30.4 Å². The van der Waals surface area contributed by atoms with Crippen molar-refractivity contribution in [2.45, 2.75) is 38.4 Å². The molecule has 9 heteroatoms. The van der Waals surface area contributed by atoms with Gasteiger partial charge in [0.15, 0.2) is 0 Å². The van der Waals surface area contributed by atoms with Crippen LogP contribution in [0, 0.1) is 0 Å². The first kappa shape index (κ1) is 22.7. The van der Waals surface area contributed by atoms with E-state index in [-0.39, 0.29) is 6.61 Å². The van der Waals surface area contributed by atoms with E-state index in [2.05, 4.69) is 15.5 Å². The van der Waals surface area contributed by atoms with Gasteiger partial charge in [-0.25, -0.2) is 9.59 Å². The molecule has 1 aliphatic carbocycles. The molecule has 1 aromatic heterocycles. The average molecular weight is 456 g/mol. The maximum Gasteiger partial charge on any atom is 0.338 e. The molecule has 1 aliphatic heterocycles. The Kier molecular flexibility index (Phi) is 6.88. The van der Waals surface area contributed by atoms with E-state index in [1.807, 2.05) is 18.2 Å². The molecule has 9 nitrogen and oxygen atoms in total. The summed E-state index contributed by atoms with van der Waals surface area (Å²) in [5, 5.41) is 5.62. The van der Waals surface area contributed by atoms with Gasteiger partial charge in [-0.1, -0.05) is 0 Å². The molecular weight excluding hydrogens is 426 g/mol. The van der Waals surface area contributed by atoms with Crippen molar-refractivity contribution in [3.8, 4) is 11.5 Å². The Bertz CT molecular complexity index is 1030. The number of esters is 1. The summed E-state index contributed by atoms with van der Waals surface area (Å²) in [4.78, 5) is 27.7. The second-order valence-corrected chi connectivity index (χ2v) is 7.97. The zero-order chi connectivity index (χ0) is 23.4. The minimum Gasteiger partial charge on any atom is -0.497 e. The third-order valence-corrected chi connectivity index (χ3v) is 5.76. The van der Waals surface area contributed by atoms with Gasteiger partial charge < -0.3 is 29.3 Å². The average Bonchev–Trinajstić information content (AvgIpc) is 3.51. The molecule has 4 rings (SSSR count). The highest BCUT2D eigenvalue weighted by atomic mass is 16.5. The zero-order valence-electron chi connectivity index (χ0n) is 19.1. The summed E-state index contributed by atoms with van der Waals surface area (Å²) < 4.78 is 21.8. The lowest BCUT2D eigenvalue weighted by Crippen LogP contribution is -2.48. The molecule has 1 aromatic carbocycles. The van der Waals surface area contributed by atoms with Gasteiger partial charge in [0.1, 0.15) is 23.3 Å². The Morgan fingerprint density at radius 3 is 2.64 bits per heavy atom. The number of hydrogen-bond donors (Lipinski definition) is 2. The van der Waals surface area contributed by atoms with Crippen LogP contribution in [0.25, 0.3) is 0 Å². The summed E-state index contributed by atoms with van der Waals surface area (Å²) in [6.45, 7) is 2.91. The minimum absolute atomic E-state index is 0.224. The lowest BCUT2D eigenvalue weighted by molar-refractivity contribution is -0.139. The van der Waals surface area contributed by atoms with Crippen molar-refractivity contribution in [2.75, 3.05) is 27.4 Å². The van der Waals surface area contributed by atoms with Crippen molar-refractivity contribution in [2.24, 2.45) is 0 Å². The van der Waals surface area contributed by atoms with E-state index in [1.165, 1.54) is 6.26 Å². The van der Waals surface area contributed by atoms with Crippen molar-refractivity contribution in [3.05, 3.63) is 59.2 Å². The van der Waals surface area contributed by atoms with Crippen LogP contribution in [-0.4, -0.2) is 50.3 Å². The molecule has 0 radical (unpaired) electrons. The summed E-state index contributed by atoms with van der Waals surface area (Å²) in [7, 11) is 3.26. The third-order valence-electron chi connectivity index (χ3n) is 5.76. The molecule has 2 N–H and O–H groups in total. The van der Waals surface area contributed by atoms with Crippen molar-refractivity contribution < 1.29 is 28.2 Å². The van der Waals surface area contributed by atoms with Crippen LogP contribution in [0.15, 0.2) is 52.3 Å². The molecule has 1 atom stereocenters. The highest BCUT2D eigenvalue weighted by Crippen LogP contribution is 2.34. The number of hydrogen-bond acceptors (Lipinski definition) is 7. The van der Waals surface area contributed by atoms with Gasteiger partial charge in [-0.15, -0.1) is 0 Å². The van der Waals surface area contributed by atoms with Crippen molar-refractivity contribution >= 4 is 12.0 Å².